The van der Waals surface area contributed by atoms with E-state index >= 15 is 0 Å². The molecule has 0 atom stereocenters. The lowest BCUT2D eigenvalue weighted by Crippen LogP contribution is -2.08. The predicted molar refractivity (Wildman–Crippen MR) is 101 cm³/mol. The second-order valence-electron chi connectivity index (χ2n) is 6.06. The highest BCUT2D eigenvalue weighted by atomic mass is 16.5. The van der Waals surface area contributed by atoms with Crippen molar-refractivity contribution >= 4 is 27.6 Å². The first-order valence-corrected chi connectivity index (χ1v) is 8.45. The first-order chi connectivity index (χ1) is 12.7. The smallest absolute Gasteiger partial charge is 0.336 e. The molecule has 2 aromatic heterocycles. The summed E-state index contributed by atoms with van der Waals surface area (Å²) >= 11 is 0. The van der Waals surface area contributed by atoms with Gasteiger partial charge < -0.3 is 14.5 Å². The van der Waals surface area contributed by atoms with Crippen molar-refractivity contribution in [2.45, 2.75) is 13.1 Å². The summed E-state index contributed by atoms with van der Waals surface area (Å²) in [5, 5.41) is 10.9. The molecule has 4 aromatic rings. The Bertz CT molecular complexity index is 1110. The number of rotatable bonds is 6. The molecule has 4 rings (SSSR count). The Labute approximate surface area is 150 Å². The maximum atomic E-state index is 11.9. The lowest BCUT2D eigenvalue weighted by atomic mass is 10.0. The average molecular weight is 349 g/mol. The maximum absolute atomic E-state index is 11.9. The number of aromatic nitrogens is 2. The van der Waals surface area contributed by atoms with Gasteiger partial charge >= 0.3 is 5.63 Å². The second-order valence-corrected chi connectivity index (χ2v) is 6.06. The summed E-state index contributed by atoms with van der Waals surface area (Å²) in [5.74, 6) is 0.753. The number of ether oxygens (including phenoxy) is 1. The number of nitrogens with one attached hydrogen (secondary N) is 1. The molecule has 0 spiro atoms. The third-order valence-corrected chi connectivity index (χ3v) is 4.34. The van der Waals surface area contributed by atoms with Crippen LogP contribution in [0.3, 0.4) is 0 Å². The van der Waals surface area contributed by atoms with E-state index in [1.165, 1.54) is 0 Å². The van der Waals surface area contributed by atoms with E-state index < -0.39 is 0 Å². The Hall–Kier alpha value is -3.12. The van der Waals surface area contributed by atoms with Crippen molar-refractivity contribution < 1.29 is 9.15 Å². The summed E-state index contributed by atoms with van der Waals surface area (Å²) < 4.78 is 12.3. The standard InChI is InChI=1S/C20H19N3O3/c1-25-11-10-23-9-8-18(22-23)21-13-15-12-19(24)26-17-7-6-14-4-2-3-5-16(14)20(15)17/h2-9,12H,10-11,13H2,1H3,(H,21,22). The Morgan fingerprint density at radius 3 is 2.96 bits per heavy atom. The quantitative estimate of drug-likeness (QED) is 0.427. The van der Waals surface area contributed by atoms with E-state index in [4.69, 9.17) is 9.15 Å². The van der Waals surface area contributed by atoms with Gasteiger partial charge in [-0.25, -0.2) is 4.79 Å². The largest absolute Gasteiger partial charge is 0.423 e. The monoisotopic (exact) mass is 349 g/mol. The number of fused-ring (bicyclic) bond motifs is 3. The van der Waals surface area contributed by atoms with Crippen LogP contribution >= 0.6 is 0 Å². The minimum atomic E-state index is -0.352. The maximum Gasteiger partial charge on any atom is 0.336 e. The summed E-state index contributed by atoms with van der Waals surface area (Å²) in [6, 6.07) is 15.3. The molecule has 0 aliphatic carbocycles. The topological polar surface area (TPSA) is 69.3 Å². The van der Waals surface area contributed by atoms with E-state index in [1.807, 2.05) is 47.3 Å². The third-order valence-electron chi connectivity index (χ3n) is 4.34. The lowest BCUT2D eigenvalue weighted by Gasteiger charge is -2.09. The number of benzene rings is 2. The van der Waals surface area contributed by atoms with E-state index in [0.717, 1.165) is 27.5 Å². The predicted octanol–water partition coefficient (Wildman–Crippen LogP) is 3.40. The van der Waals surface area contributed by atoms with Gasteiger partial charge in [0.1, 0.15) is 11.4 Å². The minimum absolute atomic E-state index is 0.352. The molecule has 6 heteroatoms. The molecule has 0 aliphatic rings. The molecular formula is C20H19N3O3. The van der Waals surface area contributed by atoms with Crippen LogP contribution in [0.25, 0.3) is 21.7 Å². The SMILES string of the molecule is COCCn1ccc(NCc2cc(=O)oc3ccc4ccccc4c23)n1. The van der Waals surface area contributed by atoms with E-state index in [2.05, 4.69) is 16.5 Å². The normalized spacial score (nSPS) is 11.3. The molecule has 132 valence electrons. The van der Waals surface area contributed by atoms with Crippen LogP contribution in [-0.2, 0) is 17.8 Å². The van der Waals surface area contributed by atoms with E-state index in [9.17, 15) is 4.79 Å². The zero-order chi connectivity index (χ0) is 17.9. The van der Waals surface area contributed by atoms with Gasteiger partial charge in [-0.1, -0.05) is 30.3 Å². The molecule has 6 nitrogen and oxygen atoms in total. The molecular weight excluding hydrogens is 330 g/mol. The zero-order valence-electron chi connectivity index (χ0n) is 14.4. The molecule has 0 saturated heterocycles. The van der Waals surface area contributed by atoms with Crippen LogP contribution in [0.1, 0.15) is 5.56 Å². The summed E-state index contributed by atoms with van der Waals surface area (Å²) in [6.45, 7) is 1.79. The van der Waals surface area contributed by atoms with Crippen LogP contribution in [0.4, 0.5) is 5.82 Å². The number of hydrogen-bond donors (Lipinski definition) is 1. The highest BCUT2D eigenvalue weighted by Gasteiger charge is 2.10. The van der Waals surface area contributed by atoms with Crippen LogP contribution in [0.5, 0.6) is 0 Å². The molecule has 0 bridgehead atoms. The van der Waals surface area contributed by atoms with Crippen molar-refractivity contribution in [3.63, 3.8) is 0 Å². The fraction of sp³-hybridized carbons (Fsp3) is 0.200. The van der Waals surface area contributed by atoms with Gasteiger partial charge in [0.15, 0.2) is 0 Å². The Morgan fingerprint density at radius 2 is 2.08 bits per heavy atom. The van der Waals surface area contributed by atoms with Crippen LogP contribution < -0.4 is 10.9 Å². The molecule has 0 fully saturated rings. The summed E-state index contributed by atoms with van der Waals surface area (Å²) in [6.07, 6.45) is 1.90. The van der Waals surface area contributed by atoms with Crippen molar-refractivity contribution in [1.29, 1.82) is 0 Å². The molecule has 2 heterocycles. The van der Waals surface area contributed by atoms with Crippen molar-refractivity contribution in [1.82, 2.24) is 9.78 Å². The van der Waals surface area contributed by atoms with Crippen molar-refractivity contribution in [3.8, 4) is 0 Å². The van der Waals surface area contributed by atoms with Gasteiger partial charge in [-0.2, -0.15) is 5.10 Å². The van der Waals surface area contributed by atoms with E-state index in [0.29, 0.717) is 25.3 Å². The Balaban J connectivity index is 1.68. The van der Waals surface area contributed by atoms with Crippen molar-refractivity contribution in [2.75, 3.05) is 19.0 Å². The lowest BCUT2D eigenvalue weighted by molar-refractivity contribution is 0.183. The average Bonchev–Trinajstić information content (AvgIpc) is 3.11. The first-order valence-electron chi connectivity index (χ1n) is 8.45. The molecule has 0 aliphatic heterocycles. The Kier molecular flexibility index (Phi) is 4.41. The van der Waals surface area contributed by atoms with Crippen LogP contribution in [0.15, 0.2) is 63.9 Å². The fourth-order valence-electron chi connectivity index (χ4n) is 3.11. The van der Waals surface area contributed by atoms with Crippen LogP contribution in [-0.4, -0.2) is 23.5 Å². The molecule has 0 radical (unpaired) electrons. The van der Waals surface area contributed by atoms with Crippen molar-refractivity contribution in [2.24, 2.45) is 0 Å². The van der Waals surface area contributed by atoms with Gasteiger partial charge in [0, 0.05) is 37.4 Å². The summed E-state index contributed by atoms with van der Waals surface area (Å²) in [7, 11) is 1.67. The fourth-order valence-corrected chi connectivity index (χ4v) is 3.11. The molecule has 1 N–H and O–H groups in total. The van der Waals surface area contributed by atoms with Crippen LogP contribution in [0, 0.1) is 0 Å². The first kappa shape index (κ1) is 16.4. The number of hydrogen-bond acceptors (Lipinski definition) is 5. The Morgan fingerprint density at radius 1 is 1.19 bits per heavy atom. The zero-order valence-corrected chi connectivity index (χ0v) is 14.4. The van der Waals surface area contributed by atoms with Gasteiger partial charge in [-0.15, -0.1) is 0 Å². The van der Waals surface area contributed by atoms with Gasteiger partial charge in [-0.05, 0) is 22.4 Å². The highest BCUT2D eigenvalue weighted by molar-refractivity contribution is 6.07. The highest BCUT2D eigenvalue weighted by Crippen LogP contribution is 2.27. The van der Waals surface area contributed by atoms with Gasteiger partial charge in [0.05, 0.1) is 13.2 Å². The molecule has 2 aromatic carbocycles. The molecule has 26 heavy (non-hydrogen) atoms. The molecule has 0 unspecified atom stereocenters. The van der Waals surface area contributed by atoms with E-state index in [-0.39, 0.29) is 5.63 Å². The van der Waals surface area contributed by atoms with E-state index in [1.54, 1.807) is 13.2 Å². The van der Waals surface area contributed by atoms with Crippen LogP contribution in [0.2, 0.25) is 0 Å². The van der Waals surface area contributed by atoms with Gasteiger partial charge in [0.25, 0.3) is 0 Å². The summed E-state index contributed by atoms with van der Waals surface area (Å²) in [4.78, 5) is 11.9. The number of nitrogens with zero attached hydrogens (tertiary/aromatic N) is 2. The number of methoxy groups -OCH3 is 1. The van der Waals surface area contributed by atoms with Gasteiger partial charge in [0.2, 0.25) is 0 Å². The second kappa shape index (κ2) is 7.01. The molecule has 0 saturated carbocycles. The van der Waals surface area contributed by atoms with Gasteiger partial charge in [-0.3, -0.25) is 4.68 Å². The third kappa shape index (κ3) is 3.19. The molecule has 0 amide bonds. The number of anilines is 1. The minimum Gasteiger partial charge on any atom is -0.423 e. The van der Waals surface area contributed by atoms with Crippen molar-refractivity contribution in [3.05, 3.63) is 70.7 Å². The summed E-state index contributed by atoms with van der Waals surface area (Å²) in [5.41, 5.74) is 1.13.